The molecule has 0 fully saturated rings. The molecule has 0 radical (unpaired) electrons. The van der Waals surface area contributed by atoms with Crippen LogP contribution in [0.1, 0.15) is 16.8 Å². The first-order chi connectivity index (χ1) is 14.1. The lowest BCUT2D eigenvalue weighted by atomic mass is 10.1. The van der Waals surface area contributed by atoms with Gasteiger partial charge in [0.05, 0.1) is 25.6 Å². The third-order valence-corrected chi connectivity index (χ3v) is 5.02. The van der Waals surface area contributed by atoms with Crippen LogP contribution in [0.3, 0.4) is 0 Å². The van der Waals surface area contributed by atoms with E-state index >= 15 is 0 Å². The summed E-state index contributed by atoms with van der Waals surface area (Å²) in [5, 5.41) is 7.98. The highest BCUT2D eigenvalue weighted by Crippen LogP contribution is 2.16. The second kappa shape index (κ2) is 10.4. The Morgan fingerprint density at radius 3 is 2.59 bits per heavy atom. The number of hydrogen-bond acceptors (Lipinski definition) is 5. The predicted octanol–water partition coefficient (Wildman–Crippen LogP) is 3.23. The third-order valence-electron chi connectivity index (χ3n) is 4.22. The molecule has 150 valence electrons. The second-order valence-electron chi connectivity index (χ2n) is 6.48. The first-order valence-electron chi connectivity index (χ1n) is 9.30. The van der Waals surface area contributed by atoms with Gasteiger partial charge < -0.3 is 15.4 Å². The van der Waals surface area contributed by atoms with Crippen LogP contribution in [0.2, 0.25) is 0 Å². The minimum absolute atomic E-state index is 0.0969. The monoisotopic (exact) mass is 409 g/mol. The summed E-state index contributed by atoms with van der Waals surface area (Å²) >= 11 is 1.32. The lowest BCUT2D eigenvalue weighted by molar-refractivity contribution is -0.120. The van der Waals surface area contributed by atoms with Crippen LogP contribution < -0.4 is 15.4 Å². The minimum Gasteiger partial charge on any atom is -0.497 e. The molecule has 29 heavy (non-hydrogen) atoms. The van der Waals surface area contributed by atoms with Crippen molar-refractivity contribution in [1.82, 2.24) is 10.3 Å². The maximum Gasteiger partial charge on any atom is 0.230 e. The van der Waals surface area contributed by atoms with E-state index in [0.717, 1.165) is 23.3 Å². The summed E-state index contributed by atoms with van der Waals surface area (Å²) in [5.74, 6) is 0.582. The van der Waals surface area contributed by atoms with Gasteiger partial charge in [0.2, 0.25) is 11.8 Å². The lowest BCUT2D eigenvalue weighted by Gasteiger charge is -2.06. The van der Waals surface area contributed by atoms with Crippen LogP contribution in [0.25, 0.3) is 0 Å². The van der Waals surface area contributed by atoms with Gasteiger partial charge in [0.25, 0.3) is 0 Å². The molecule has 0 bridgehead atoms. The predicted molar refractivity (Wildman–Crippen MR) is 114 cm³/mol. The van der Waals surface area contributed by atoms with E-state index in [1.807, 2.05) is 54.6 Å². The quantitative estimate of drug-likeness (QED) is 0.569. The molecule has 0 aliphatic heterocycles. The maximum absolute atomic E-state index is 12.1. The molecule has 7 heteroatoms. The van der Waals surface area contributed by atoms with Crippen LogP contribution in [0.5, 0.6) is 5.75 Å². The third kappa shape index (κ3) is 6.73. The van der Waals surface area contributed by atoms with E-state index in [4.69, 9.17) is 4.74 Å². The van der Waals surface area contributed by atoms with E-state index in [2.05, 4.69) is 15.6 Å². The molecule has 3 aromatic rings. The Hall–Kier alpha value is -3.19. The summed E-state index contributed by atoms with van der Waals surface area (Å²) < 4.78 is 5.20. The molecule has 0 atom stereocenters. The summed E-state index contributed by atoms with van der Waals surface area (Å²) in [6.07, 6.45) is 1.20. The molecule has 0 aliphatic carbocycles. The van der Waals surface area contributed by atoms with Gasteiger partial charge in [-0.15, -0.1) is 11.3 Å². The number of thiazole rings is 1. The Bertz CT molecular complexity index is 957. The summed E-state index contributed by atoms with van der Waals surface area (Å²) in [4.78, 5) is 28.6. The van der Waals surface area contributed by atoms with E-state index in [9.17, 15) is 9.59 Å². The molecule has 0 saturated carbocycles. The Balaban J connectivity index is 1.42. The molecule has 6 nitrogen and oxygen atoms in total. The van der Waals surface area contributed by atoms with Crippen molar-refractivity contribution in [2.24, 2.45) is 0 Å². The first-order valence-corrected chi connectivity index (χ1v) is 10.2. The molecular weight excluding hydrogens is 386 g/mol. The molecule has 1 aromatic heterocycles. The number of benzene rings is 2. The Morgan fingerprint density at radius 2 is 1.79 bits per heavy atom. The highest BCUT2D eigenvalue weighted by atomic mass is 32.1. The lowest BCUT2D eigenvalue weighted by Crippen LogP contribution is -2.27. The molecule has 2 N–H and O–H groups in total. The summed E-state index contributed by atoms with van der Waals surface area (Å²) in [6, 6.07) is 17.3. The van der Waals surface area contributed by atoms with Crippen molar-refractivity contribution in [3.63, 3.8) is 0 Å². The molecule has 1 heterocycles. The van der Waals surface area contributed by atoms with Crippen molar-refractivity contribution in [2.75, 3.05) is 19.0 Å². The van der Waals surface area contributed by atoms with Crippen LogP contribution >= 0.6 is 11.3 Å². The van der Waals surface area contributed by atoms with Gasteiger partial charge in [-0.05, 0) is 29.7 Å². The number of hydrogen-bond donors (Lipinski definition) is 2. The van der Waals surface area contributed by atoms with Gasteiger partial charge in [0, 0.05) is 11.9 Å². The van der Waals surface area contributed by atoms with Crippen molar-refractivity contribution in [3.8, 4) is 5.75 Å². The molecule has 2 aromatic carbocycles. The molecule has 0 aliphatic rings. The first kappa shape index (κ1) is 20.5. The van der Waals surface area contributed by atoms with Gasteiger partial charge in [-0.1, -0.05) is 42.5 Å². The molecule has 3 rings (SSSR count). The Labute approximate surface area is 173 Å². The summed E-state index contributed by atoms with van der Waals surface area (Å²) in [5.41, 5.74) is 2.68. The van der Waals surface area contributed by atoms with Crippen molar-refractivity contribution in [2.45, 2.75) is 19.3 Å². The van der Waals surface area contributed by atoms with Gasteiger partial charge in [-0.2, -0.15) is 0 Å². The van der Waals surface area contributed by atoms with E-state index < -0.39 is 0 Å². The number of carbonyl (C=O) groups excluding carboxylic acids is 2. The normalized spacial score (nSPS) is 10.4. The fourth-order valence-corrected chi connectivity index (χ4v) is 3.52. The van der Waals surface area contributed by atoms with Crippen molar-refractivity contribution in [3.05, 3.63) is 76.8 Å². The molecule has 0 spiro atoms. The number of ether oxygens (including phenoxy) is 1. The maximum atomic E-state index is 12.1. The van der Waals surface area contributed by atoms with Gasteiger partial charge >= 0.3 is 0 Å². The standard InChI is InChI=1S/C22H23N3O3S/c1-28-19-9-5-8-17(12-19)10-11-23-20(26)14-18-15-29-22(24-18)25-21(27)13-16-6-3-2-4-7-16/h2-9,12,15H,10-11,13-14H2,1H3,(H,23,26)(H,24,25,27). The van der Waals surface area contributed by atoms with E-state index in [0.29, 0.717) is 23.8 Å². The number of nitrogens with zero attached hydrogens (tertiary/aromatic N) is 1. The van der Waals surface area contributed by atoms with Crippen molar-refractivity contribution in [1.29, 1.82) is 0 Å². The minimum atomic E-state index is -0.125. The van der Waals surface area contributed by atoms with Gasteiger partial charge in [0.15, 0.2) is 5.13 Å². The average Bonchev–Trinajstić information content (AvgIpc) is 3.15. The molecular formula is C22H23N3O3S. The largest absolute Gasteiger partial charge is 0.497 e. The molecule has 0 saturated heterocycles. The van der Waals surface area contributed by atoms with Crippen molar-refractivity contribution < 1.29 is 14.3 Å². The van der Waals surface area contributed by atoms with E-state index in [-0.39, 0.29) is 18.2 Å². The van der Waals surface area contributed by atoms with Gasteiger partial charge in [0.1, 0.15) is 5.75 Å². The smallest absolute Gasteiger partial charge is 0.230 e. The number of aromatic nitrogens is 1. The topological polar surface area (TPSA) is 80.3 Å². The number of anilines is 1. The fraction of sp³-hybridized carbons (Fsp3) is 0.227. The summed E-state index contributed by atoms with van der Waals surface area (Å²) in [6.45, 7) is 0.538. The number of carbonyl (C=O) groups is 2. The highest BCUT2D eigenvalue weighted by molar-refractivity contribution is 7.13. The number of methoxy groups -OCH3 is 1. The van der Waals surface area contributed by atoms with Crippen LogP contribution in [0.15, 0.2) is 60.0 Å². The van der Waals surface area contributed by atoms with E-state index in [1.165, 1.54) is 11.3 Å². The highest BCUT2D eigenvalue weighted by Gasteiger charge is 2.10. The van der Waals surface area contributed by atoms with Crippen LogP contribution in [-0.2, 0) is 28.9 Å². The second-order valence-corrected chi connectivity index (χ2v) is 7.34. The number of rotatable bonds is 9. The van der Waals surface area contributed by atoms with Crippen LogP contribution in [-0.4, -0.2) is 30.5 Å². The zero-order chi connectivity index (χ0) is 20.5. The van der Waals surface area contributed by atoms with E-state index in [1.54, 1.807) is 12.5 Å². The molecule has 0 unspecified atom stereocenters. The van der Waals surface area contributed by atoms with Crippen LogP contribution in [0, 0.1) is 0 Å². The Kier molecular flexibility index (Phi) is 7.35. The Morgan fingerprint density at radius 1 is 1.00 bits per heavy atom. The zero-order valence-corrected chi connectivity index (χ0v) is 17.0. The molecule has 2 amide bonds. The van der Waals surface area contributed by atoms with Crippen molar-refractivity contribution >= 4 is 28.3 Å². The average molecular weight is 410 g/mol. The number of nitrogens with one attached hydrogen (secondary N) is 2. The van der Waals surface area contributed by atoms with Gasteiger partial charge in [-0.25, -0.2) is 4.98 Å². The fourth-order valence-electron chi connectivity index (χ4n) is 2.79. The summed E-state index contributed by atoms with van der Waals surface area (Å²) in [7, 11) is 1.63. The van der Waals surface area contributed by atoms with Gasteiger partial charge in [-0.3, -0.25) is 9.59 Å². The number of amides is 2. The SMILES string of the molecule is COc1cccc(CCNC(=O)Cc2csc(NC(=O)Cc3ccccc3)n2)c1. The zero-order valence-electron chi connectivity index (χ0n) is 16.2. The van der Waals surface area contributed by atoms with Crippen LogP contribution in [0.4, 0.5) is 5.13 Å².